The molecule has 2 heteroatoms. The maximum Gasteiger partial charge on any atom is 0.120 e. The molecule has 0 spiro atoms. The molecule has 20 heavy (non-hydrogen) atoms. The zero-order valence-electron chi connectivity index (χ0n) is 13.2. The highest BCUT2D eigenvalue weighted by Crippen LogP contribution is 2.32. The summed E-state index contributed by atoms with van der Waals surface area (Å²) in [5.41, 5.74) is 1.36. The van der Waals surface area contributed by atoms with Crippen LogP contribution in [0.1, 0.15) is 64.0 Å². The van der Waals surface area contributed by atoms with Crippen molar-refractivity contribution in [3.05, 3.63) is 29.8 Å². The van der Waals surface area contributed by atoms with Crippen molar-refractivity contribution in [1.29, 1.82) is 0 Å². The summed E-state index contributed by atoms with van der Waals surface area (Å²) in [6.45, 7) is 4.15. The molecule has 1 N–H and O–H groups in total. The van der Waals surface area contributed by atoms with Crippen molar-refractivity contribution >= 4 is 0 Å². The van der Waals surface area contributed by atoms with Gasteiger partial charge in [0.2, 0.25) is 0 Å². The number of rotatable bonds is 6. The van der Waals surface area contributed by atoms with Crippen molar-refractivity contribution in [2.45, 2.75) is 64.5 Å². The lowest BCUT2D eigenvalue weighted by Gasteiger charge is -2.27. The second-order valence-electron chi connectivity index (χ2n) is 6.32. The summed E-state index contributed by atoms with van der Waals surface area (Å²) in [5.74, 6) is 1.87. The smallest absolute Gasteiger partial charge is 0.120 e. The second-order valence-corrected chi connectivity index (χ2v) is 6.32. The van der Waals surface area contributed by atoms with Gasteiger partial charge in [0.25, 0.3) is 0 Å². The quantitative estimate of drug-likeness (QED) is 0.812. The maximum absolute atomic E-state index is 5.81. The average Bonchev–Trinajstić information content (AvgIpc) is 2.45. The summed E-state index contributed by atoms with van der Waals surface area (Å²) in [5, 5.41) is 3.49. The molecule has 0 bridgehead atoms. The standard InChI is InChI=1S/C18H29NO/c1-14(2)20-17-11-7-10-16(13-17)18(19-3)12-15-8-5-4-6-9-15/h7,10-11,13-15,18-19H,4-6,8-9,12H2,1-3H3. The van der Waals surface area contributed by atoms with Gasteiger partial charge in [-0.25, -0.2) is 0 Å². The Balaban J connectivity index is 2.02. The van der Waals surface area contributed by atoms with E-state index in [0.717, 1.165) is 11.7 Å². The number of benzene rings is 1. The predicted molar refractivity (Wildman–Crippen MR) is 85.2 cm³/mol. The Kier molecular flexibility index (Phi) is 5.90. The van der Waals surface area contributed by atoms with E-state index in [1.807, 2.05) is 0 Å². The summed E-state index contributed by atoms with van der Waals surface area (Å²) < 4.78 is 5.81. The van der Waals surface area contributed by atoms with Crippen LogP contribution >= 0.6 is 0 Å². The van der Waals surface area contributed by atoms with Crippen LogP contribution in [0.25, 0.3) is 0 Å². The molecule has 0 amide bonds. The molecule has 1 aromatic rings. The highest BCUT2D eigenvalue weighted by atomic mass is 16.5. The zero-order valence-corrected chi connectivity index (χ0v) is 13.2. The topological polar surface area (TPSA) is 21.3 Å². The van der Waals surface area contributed by atoms with Crippen molar-refractivity contribution < 1.29 is 4.74 Å². The highest BCUT2D eigenvalue weighted by Gasteiger charge is 2.19. The van der Waals surface area contributed by atoms with E-state index >= 15 is 0 Å². The number of nitrogens with one attached hydrogen (secondary N) is 1. The molecule has 2 nitrogen and oxygen atoms in total. The van der Waals surface area contributed by atoms with Gasteiger partial charge < -0.3 is 10.1 Å². The summed E-state index contributed by atoms with van der Waals surface area (Å²) in [6.07, 6.45) is 8.55. The highest BCUT2D eigenvalue weighted by molar-refractivity contribution is 5.30. The molecule has 1 aliphatic carbocycles. The molecule has 1 fully saturated rings. The van der Waals surface area contributed by atoms with Gasteiger partial charge in [0.1, 0.15) is 5.75 Å². The number of hydrogen-bond acceptors (Lipinski definition) is 2. The number of hydrogen-bond donors (Lipinski definition) is 1. The van der Waals surface area contributed by atoms with E-state index in [1.165, 1.54) is 44.1 Å². The van der Waals surface area contributed by atoms with E-state index in [4.69, 9.17) is 4.74 Å². The minimum atomic E-state index is 0.233. The van der Waals surface area contributed by atoms with Crippen LogP contribution in [0.4, 0.5) is 0 Å². The predicted octanol–water partition coefficient (Wildman–Crippen LogP) is 4.70. The normalized spacial score (nSPS) is 18.2. The lowest BCUT2D eigenvalue weighted by Crippen LogP contribution is -2.21. The van der Waals surface area contributed by atoms with Crippen LogP contribution in [-0.4, -0.2) is 13.2 Å². The van der Waals surface area contributed by atoms with Crippen molar-refractivity contribution in [3.8, 4) is 5.75 Å². The van der Waals surface area contributed by atoms with E-state index in [9.17, 15) is 0 Å². The fourth-order valence-electron chi connectivity index (χ4n) is 3.25. The molecule has 1 atom stereocenters. The van der Waals surface area contributed by atoms with E-state index in [2.05, 4.69) is 50.5 Å². The molecule has 0 aromatic heterocycles. The first kappa shape index (κ1) is 15.4. The van der Waals surface area contributed by atoms with Gasteiger partial charge in [0.15, 0.2) is 0 Å². The molecule has 0 radical (unpaired) electrons. The molecule has 0 saturated heterocycles. The van der Waals surface area contributed by atoms with Crippen molar-refractivity contribution in [2.75, 3.05) is 7.05 Å². The molecule has 0 aliphatic heterocycles. The van der Waals surface area contributed by atoms with Crippen LogP contribution in [0.2, 0.25) is 0 Å². The fourth-order valence-corrected chi connectivity index (χ4v) is 3.25. The van der Waals surface area contributed by atoms with Gasteiger partial charge in [-0.3, -0.25) is 0 Å². The zero-order chi connectivity index (χ0) is 14.4. The largest absolute Gasteiger partial charge is 0.491 e. The van der Waals surface area contributed by atoms with Gasteiger partial charge in [0, 0.05) is 6.04 Å². The first-order chi connectivity index (χ1) is 9.69. The molecule has 0 heterocycles. The Morgan fingerprint density at radius 3 is 2.60 bits per heavy atom. The first-order valence-corrected chi connectivity index (χ1v) is 8.13. The Hall–Kier alpha value is -1.02. The molecular weight excluding hydrogens is 246 g/mol. The van der Waals surface area contributed by atoms with Crippen LogP contribution in [-0.2, 0) is 0 Å². The van der Waals surface area contributed by atoms with Crippen LogP contribution in [0.3, 0.4) is 0 Å². The monoisotopic (exact) mass is 275 g/mol. The summed E-state index contributed by atoms with van der Waals surface area (Å²) >= 11 is 0. The van der Waals surface area contributed by atoms with E-state index in [-0.39, 0.29) is 6.10 Å². The van der Waals surface area contributed by atoms with Crippen LogP contribution in [0, 0.1) is 5.92 Å². The molecule has 1 saturated carbocycles. The molecule has 2 rings (SSSR count). The van der Waals surface area contributed by atoms with E-state index in [0.29, 0.717) is 6.04 Å². The molecule has 1 aromatic carbocycles. The van der Waals surface area contributed by atoms with E-state index < -0.39 is 0 Å². The third-order valence-electron chi connectivity index (χ3n) is 4.27. The third kappa shape index (κ3) is 4.52. The average molecular weight is 275 g/mol. The van der Waals surface area contributed by atoms with Crippen molar-refractivity contribution in [3.63, 3.8) is 0 Å². The molecule has 112 valence electrons. The SMILES string of the molecule is CNC(CC1CCCCC1)c1cccc(OC(C)C)c1. The third-order valence-corrected chi connectivity index (χ3v) is 4.27. The van der Waals surface area contributed by atoms with Gasteiger partial charge in [-0.05, 0) is 50.9 Å². The first-order valence-electron chi connectivity index (χ1n) is 8.13. The number of ether oxygens (including phenoxy) is 1. The van der Waals surface area contributed by atoms with Crippen molar-refractivity contribution in [1.82, 2.24) is 5.32 Å². The minimum Gasteiger partial charge on any atom is -0.491 e. The Bertz CT molecular complexity index is 396. The lowest BCUT2D eigenvalue weighted by atomic mass is 9.83. The second kappa shape index (κ2) is 7.68. The fraction of sp³-hybridized carbons (Fsp3) is 0.667. The van der Waals surface area contributed by atoms with Gasteiger partial charge >= 0.3 is 0 Å². The summed E-state index contributed by atoms with van der Waals surface area (Å²) in [4.78, 5) is 0. The molecular formula is C18H29NO. The molecule has 1 aliphatic rings. The summed E-state index contributed by atoms with van der Waals surface area (Å²) in [6, 6.07) is 9.03. The van der Waals surface area contributed by atoms with Gasteiger partial charge in [0.05, 0.1) is 6.10 Å². The molecule has 1 unspecified atom stereocenters. The van der Waals surface area contributed by atoms with Crippen LogP contribution in [0.5, 0.6) is 5.75 Å². The Morgan fingerprint density at radius 2 is 1.95 bits per heavy atom. The van der Waals surface area contributed by atoms with E-state index in [1.54, 1.807) is 0 Å². The lowest BCUT2D eigenvalue weighted by molar-refractivity contribution is 0.241. The Morgan fingerprint density at radius 1 is 1.20 bits per heavy atom. The van der Waals surface area contributed by atoms with Crippen LogP contribution < -0.4 is 10.1 Å². The summed E-state index contributed by atoms with van der Waals surface area (Å²) in [7, 11) is 2.07. The van der Waals surface area contributed by atoms with Gasteiger partial charge in [-0.2, -0.15) is 0 Å². The van der Waals surface area contributed by atoms with Crippen LogP contribution in [0.15, 0.2) is 24.3 Å². The maximum atomic E-state index is 5.81. The minimum absolute atomic E-state index is 0.233. The Labute approximate surface area is 123 Å². The van der Waals surface area contributed by atoms with Gasteiger partial charge in [-0.15, -0.1) is 0 Å². The van der Waals surface area contributed by atoms with Crippen molar-refractivity contribution in [2.24, 2.45) is 5.92 Å². The van der Waals surface area contributed by atoms with Gasteiger partial charge in [-0.1, -0.05) is 44.2 Å².